The number of nitrogens with one attached hydrogen (secondary N) is 1. The molecule has 0 radical (unpaired) electrons. The van der Waals surface area contributed by atoms with Gasteiger partial charge in [0.05, 0.1) is 19.2 Å². The van der Waals surface area contributed by atoms with Gasteiger partial charge in [-0.1, -0.05) is 12.1 Å². The molecule has 86 valence electrons. The van der Waals surface area contributed by atoms with Crippen molar-refractivity contribution in [2.45, 2.75) is 12.8 Å². The summed E-state index contributed by atoms with van der Waals surface area (Å²) in [5.74, 6) is 1.55. The minimum Gasteiger partial charge on any atom is -0.496 e. The second kappa shape index (κ2) is 5.12. The number of benzene rings is 1. The first kappa shape index (κ1) is 11.1. The summed E-state index contributed by atoms with van der Waals surface area (Å²) in [7, 11) is 1.59. The highest BCUT2D eigenvalue weighted by Gasteiger charge is 2.21. The Hall–Kier alpha value is -1.35. The van der Waals surface area contributed by atoms with E-state index in [1.165, 1.54) is 12.8 Å². The van der Waals surface area contributed by atoms with Gasteiger partial charge in [0.1, 0.15) is 5.75 Å². The lowest BCUT2D eigenvalue weighted by Gasteiger charge is -2.07. The van der Waals surface area contributed by atoms with E-state index in [0.717, 1.165) is 12.5 Å². The molecule has 0 heterocycles. The van der Waals surface area contributed by atoms with Crippen molar-refractivity contribution in [2.24, 2.45) is 5.92 Å². The van der Waals surface area contributed by atoms with Crippen LogP contribution in [0.2, 0.25) is 0 Å². The Labute approximate surface area is 95.8 Å². The van der Waals surface area contributed by atoms with Crippen molar-refractivity contribution in [3.05, 3.63) is 29.8 Å². The van der Waals surface area contributed by atoms with Crippen molar-refractivity contribution in [2.75, 3.05) is 20.2 Å². The first-order chi connectivity index (χ1) is 7.81. The van der Waals surface area contributed by atoms with Crippen molar-refractivity contribution in [3.8, 4) is 5.75 Å². The van der Waals surface area contributed by atoms with Gasteiger partial charge in [-0.05, 0) is 37.4 Å². The molecule has 0 aromatic heterocycles. The monoisotopic (exact) mass is 219 g/mol. The summed E-state index contributed by atoms with van der Waals surface area (Å²) in [6.07, 6.45) is 2.60. The molecule has 1 aromatic carbocycles. The van der Waals surface area contributed by atoms with Gasteiger partial charge in [0.15, 0.2) is 5.78 Å². The first-order valence-electron chi connectivity index (χ1n) is 5.68. The molecule has 0 saturated heterocycles. The van der Waals surface area contributed by atoms with Crippen LogP contribution in [-0.4, -0.2) is 26.0 Å². The van der Waals surface area contributed by atoms with E-state index in [1.807, 2.05) is 18.2 Å². The van der Waals surface area contributed by atoms with E-state index in [-0.39, 0.29) is 5.78 Å². The molecule has 2 rings (SSSR count). The fourth-order valence-corrected chi connectivity index (χ4v) is 1.68. The summed E-state index contributed by atoms with van der Waals surface area (Å²) < 4.78 is 5.16. The standard InChI is InChI=1S/C13H17NO2/c1-16-13-5-3-2-4-11(13)12(15)9-14-8-10-6-7-10/h2-5,10,14H,6-9H2,1H3. The zero-order valence-corrected chi connectivity index (χ0v) is 9.53. The third kappa shape index (κ3) is 2.83. The van der Waals surface area contributed by atoms with Crippen LogP contribution in [0.25, 0.3) is 0 Å². The van der Waals surface area contributed by atoms with Crippen LogP contribution in [0.4, 0.5) is 0 Å². The predicted molar refractivity (Wildman–Crippen MR) is 62.9 cm³/mol. The van der Waals surface area contributed by atoms with Crippen LogP contribution in [-0.2, 0) is 0 Å². The molecule has 1 fully saturated rings. The molecule has 0 atom stereocenters. The van der Waals surface area contributed by atoms with Crippen molar-refractivity contribution in [1.82, 2.24) is 5.32 Å². The molecule has 0 amide bonds. The van der Waals surface area contributed by atoms with Crippen molar-refractivity contribution in [1.29, 1.82) is 0 Å². The van der Waals surface area contributed by atoms with Gasteiger partial charge in [-0.15, -0.1) is 0 Å². The number of carbonyl (C=O) groups excluding carboxylic acids is 1. The molecule has 0 spiro atoms. The molecule has 0 bridgehead atoms. The number of ether oxygens (including phenoxy) is 1. The van der Waals surface area contributed by atoms with Crippen LogP contribution in [0.5, 0.6) is 5.75 Å². The van der Waals surface area contributed by atoms with E-state index in [0.29, 0.717) is 17.9 Å². The average Bonchev–Trinajstić information content (AvgIpc) is 3.13. The number of Topliss-reactive ketones (excluding diaryl/α,β-unsaturated/α-hetero) is 1. The largest absolute Gasteiger partial charge is 0.496 e. The maximum atomic E-state index is 11.9. The smallest absolute Gasteiger partial charge is 0.180 e. The Morgan fingerprint density at radius 1 is 1.44 bits per heavy atom. The summed E-state index contributed by atoms with van der Waals surface area (Å²) in [4.78, 5) is 11.9. The second-order valence-electron chi connectivity index (χ2n) is 4.20. The van der Waals surface area contributed by atoms with Gasteiger partial charge in [0.2, 0.25) is 0 Å². The highest BCUT2D eigenvalue weighted by atomic mass is 16.5. The van der Waals surface area contributed by atoms with Gasteiger partial charge < -0.3 is 10.1 Å². The van der Waals surface area contributed by atoms with Crippen LogP contribution in [0, 0.1) is 5.92 Å². The summed E-state index contributed by atoms with van der Waals surface area (Å²) in [5, 5.41) is 3.19. The topological polar surface area (TPSA) is 38.3 Å². The minimum absolute atomic E-state index is 0.0955. The number of rotatable bonds is 6. The average molecular weight is 219 g/mol. The second-order valence-corrected chi connectivity index (χ2v) is 4.20. The number of ketones is 1. The maximum absolute atomic E-state index is 11.9. The fourth-order valence-electron chi connectivity index (χ4n) is 1.68. The molecular weight excluding hydrogens is 202 g/mol. The lowest BCUT2D eigenvalue weighted by Crippen LogP contribution is -2.25. The quantitative estimate of drug-likeness (QED) is 0.742. The van der Waals surface area contributed by atoms with Gasteiger partial charge in [0, 0.05) is 0 Å². The maximum Gasteiger partial charge on any atom is 0.180 e. The van der Waals surface area contributed by atoms with Gasteiger partial charge in [-0.2, -0.15) is 0 Å². The number of para-hydroxylation sites is 1. The van der Waals surface area contributed by atoms with Gasteiger partial charge in [-0.3, -0.25) is 4.79 Å². The third-order valence-corrected chi connectivity index (χ3v) is 2.82. The van der Waals surface area contributed by atoms with E-state index >= 15 is 0 Å². The Bertz CT molecular complexity index is 372. The fraction of sp³-hybridized carbons (Fsp3) is 0.462. The lowest BCUT2D eigenvalue weighted by atomic mass is 10.1. The van der Waals surface area contributed by atoms with Crippen LogP contribution in [0.1, 0.15) is 23.2 Å². The minimum atomic E-state index is 0.0955. The van der Waals surface area contributed by atoms with E-state index in [9.17, 15) is 4.79 Å². The van der Waals surface area contributed by atoms with Crippen molar-refractivity contribution in [3.63, 3.8) is 0 Å². The van der Waals surface area contributed by atoms with Gasteiger partial charge >= 0.3 is 0 Å². The SMILES string of the molecule is COc1ccccc1C(=O)CNCC1CC1. The summed E-state index contributed by atoms with van der Waals surface area (Å²) in [6, 6.07) is 7.35. The van der Waals surface area contributed by atoms with Gasteiger partial charge in [0.25, 0.3) is 0 Å². The molecule has 3 nitrogen and oxygen atoms in total. The summed E-state index contributed by atoms with van der Waals surface area (Å²) in [6.45, 7) is 1.36. The lowest BCUT2D eigenvalue weighted by molar-refractivity contribution is 0.0988. The summed E-state index contributed by atoms with van der Waals surface area (Å²) in [5.41, 5.74) is 0.660. The number of methoxy groups -OCH3 is 1. The Kier molecular flexibility index (Phi) is 3.57. The molecule has 0 unspecified atom stereocenters. The highest BCUT2D eigenvalue weighted by Crippen LogP contribution is 2.27. The van der Waals surface area contributed by atoms with Crippen LogP contribution in [0.3, 0.4) is 0 Å². The third-order valence-electron chi connectivity index (χ3n) is 2.82. The Balaban J connectivity index is 1.90. The van der Waals surface area contributed by atoms with E-state index in [4.69, 9.17) is 4.74 Å². The molecule has 3 heteroatoms. The zero-order valence-electron chi connectivity index (χ0n) is 9.53. The van der Waals surface area contributed by atoms with Gasteiger partial charge in [-0.25, -0.2) is 0 Å². The molecular formula is C13H17NO2. The zero-order chi connectivity index (χ0) is 11.4. The summed E-state index contributed by atoms with van der Waals surface area (Å²) >= 11 is 0. The highest BCUT2D eigenvalue weighted by molar-refractivity contribution is 6.00. The van der Waals surface area contributed by atoms with E-state index in [2.05, 4.69) is 5.32 Å². The predicted octanol–water partition coefficient (Wildman–Crippen LogP) is 1.88. The molecule has 0 aliphatic heterocycles. The van der Waals surface area contributed by atoms with Crippen LogP contribution >= 0.6 is 0 Å². The van der Waals surface area contributed by atoms with Crippen LogP contribution in [0.15, 0.2) is 24.3 Å². The van der Waals surface area contributed by atoms with E-state index < -0.39 is 0 Å². The van der Waals surface area contributed by atoms with Crippen LogP contribution < -0.4 is 10.1 Å². The number of carbonyl (C=O) groups is 1. The first-order valence-corrected chi connectivity index (χ1v) is 5.68. The van der Waals surface area contributed by atoms with Crippen molar-refractivity contribution < 1.29 is 9.53 Å². The molecule has 1 N–H and O–H groups in total. The Morgan fingerprint density at radius 3 is 2.88 bits per heavy atom. The van der Waals surface area contributed by atoms with E-state index in [1.54, 1.807) is 13.2 Å². The Morgan fingerprint density at radius 2 is 2.19 bits per heavy atom. The molecule has 1 aromatic rings. The molecule has 16 heavy (non-hydrogen) atoms. The molecule has 1 aliphatic rings. The number of hydrogen-bond acceptors (Lipinski definition) is 3. The molecule has 1 aliphatic carbocycles. The van der Waals surface area contributed by atoms with Crippen molar-refractivity contribution >= 4 is 5.78 Å². The number of hydrogen-bond donors (Lipinski definition) is 1. The normalized spacial score (nSPS) is 14.8. The molecule has 1 saturated carbocycles.